The number of nitrogens with zero attached hydrogens (tertiary/aromatic N) is 2. The highest BCUT2D eigenvalue weighted by Crippen LogP contribution is 2.38. The van der Waals surface area contributed by atoms with Gasteiger partial charge in [-0.3, -0.25) is 4.31 Å². The molecule has 21 heavy (non-hydrogen) atoms. The Bertz CT molecular complexity index is 786. The van der Waals surface area contributed by atoms with E-state index < -0.39 is 10.0 Å². The number of para-hydroxylation sites is 2. The Balaban J connectivity index is 2.13. The molecule has 0 radical (unpaired) electrons. The summed E-state index contributed by atoms with van der Waals surface area (Å²) in [6.07, 6.45) is 0. The summed E-state index contributed by atoms with van der Waals surface area (Å²) >= 11 is 4.81. The summed E-state index contributed by atoms with van der Waals surface area (Å²) in [5, 5.41) is 0. The molecule has 0 fully saturated rings. The lowest BCUT2D eigenvalue weighted by Gasteiger charge is -2.36. The van der Waals surface area contributed by atoms with Crippen LogP contribution in [0.25, 0.3) is 0 Å². The minimum Gasteiger partial charge on any atom is -0.371 e. The van der Waals surface area contributed by atoms with E-state index in [-0.39, 0.29) is 0 Å². The molecule has 2 aromatic rings. The highest BCUT2D eigenvalue weighted by molar-refractivity contribution is 9.11. The Kier molecular flexibility index (Phi) is 3.75. The molecular formula is C14H15BrN2O2S2. The molecule has 0 unspecified atom stereocenters. The van der Waals surface area contributed by atoms with Crippen LogP contribution in [0.15, 0.2) is 39.0 Å². The van der Waals surface area contributed by atoms with Crippen molar-refractivity contribution in [2.75, 3.05) is 29.3 Å². The van der Waals surface area contributed by atoms with Crippen LogP contribution in [-0.4, -0.2) is 28.6 Å². The van der Waals surface area contributed by atoms with Crippen LogP contribution in [0.4, 0.5) is 11.4 Å². The van der Waals surface area contributed by atoms with Crippen LogP contribution in [-0.2, 0) is 10.0 Å². The van der Waals surface area contributed by atoms with Gasteiger partial charge in [0.15, 0.2) is 0 Å². The molecule has 3 rings (SSSR count). The zero-order chi connectivity index (χ0) is 15.2. The summed E-state index contributed by atoms with van der Waals surface area (Å²) in [6, 6.07) is 9.30. The quantitative estimate of drug-likeness (QED) is 0.793. The number of halogens is 1. The van der Waals surface area contributed by atoms with Gasteiger partial charge in [0, 0.05) is 18.5 Å². The van der Waals surface area contributed by atoms with Crippen LogP contribution in [0.1, 0.15) is 4.88 Å². The zero-order valence-electron chi connectivity index (χ0n) is 11.7. The first-order valence-electron chi connectivity index (χ1n) is 6.50. The summed E-state index contributed by atoms with van der Waals surface area (Å²) in [5.74, 6) is 0. The minimum atomic E-state index is -3.52. The fourth-order valence-corrected chi connectivity index (χ4v) is 6.39. The van der Waals surface area contributed by atoms with Crippen LogP contribution in [0.3, 0.4) is 0 Å². The number of rotatable bonds is 2. The van der Waals surface area contributed by atoms with Crippen molar-refractivity contribution in [3.05, 3.63) is 39.0 Å². The molecule has 0 amide bonds. The molecule has 7 heteroatoms. The SMILES string of the molecule is Cc1sc(Br)cc1S(=O)(=O)N1CCN(C)c2ccccc21. The lowest BCUT2D eigenvalue weighted by atomic mass is 10.2. The van der Waals surface area contributed by atoms with Gasteiger partial charge in [0.25, 0.3) is 10.0 Å². The highest BCUT2D eigenvalue weighted by atomic mass is 79.9. The van der Waals surface area contributed by atoms with Crippen molar-refractivity contribution < 1.29 is 8.42 Å². The number of sulfonamides is 1. The lowest BCUT2D eigenvalue weighted by molar-refractivity contribution is 0.589. The number of fused-ring (bicyclic) bond motifs is 1. The Morgan fingerprint density at radius 2 is 1.86 bits per heavy atom. The molecule has 112 valence electrons. The summed E-state index contributed by atoms with van der Waals surface area (Å²) in [6.45, 7) is 2.98. The van der Waals surface area contributed by atoms with E-state index in [1.54, 1.807) is 6.07 Å². The summed E-state index contributed by atoms with van der Waals surface area (Å²) in [4.78, 5) is 3.27. The van der Waals surface area contributed by atoms with E-state index in [2.05, 4.69) is 20.8 Å². The Hall–Kier alpha value is -1.05. The van der Waals surface area contributed by atoms with Crippen molar-refractivity contribution >= 4 is 48.7 Å². The first-order valence-corrected chi connectivity index (χ1v) is 9.55. The maximum atomic E-state index is 13.0. The van der Waals surface area contributed by atoms with E-state index in [1.165, 1.54) is 15.6 Å². The Morgan fingerprint density at radius 1 is 1.19 bits per heavy atom. The van der Waals surface area contributed by atoms with Crippen molar-refractivity contribution in [3.8, 4) is 0 Å². The monoisotopic (exact) mass is 386 g/mol. The van der Waals surface area contributed by atoms with Gasteiger partial charge in [-0.25, -0.2) is 8.42 Å². The smallest absolute Gasteiger partial charge is 0.265 e. The van der Waals surface area contributed by atoms with E-state index in [1.807, 2.05) is 38.2 Å². The predicted octanol–water partition coefficient (Wildman–Crippen LogP) is 3.46. The first kappa shape index (κ1) is 14.9. The third kappa shape index (κ3) is 2.47. The summed E-state index contributed by atoms with van der Waals surface area (Å²) < 4.78 is 28.3. The third-order valence-electron chi connectivity index (χ3n) is 3.61. The second kappa shape index (κ2) is 5.30. The molecule has 0 spiro atoms. The maximum Gasteiger partial charge on any atom is 0.265 e. The Labute approximate surface area is 137 Å². The van der Waals surface area contributed by atoms with Crippen molar-refractivity contribution in [1.29, 1.82) is 0 Å². The molecule has 0 saturated heterocycles. The molecule has 4 nitrogen and oxygen atoms in total. The van der Waals surface area contributed by atoms with Crippen LogP contribution in [0.5, 0.6) is 0 Å². The lowest BCUT2D eigenvalue weighted by Crippen LogP contribution is -2.42. The number of hydrogen-bond donors (Lipinski definition) is 0. The molecular weight excluding hydrogens is 372 g/mol. The fraction of sp³-hybridized carbons (Fsp3) is 0.286. The number of thiophene rings is 1. The summed E-state index contributed by atoms with van der Waals surface area (Å²) in [5.41, 5.74) is 1.69. The second-order valence-electron chi connectivity index (χ2n) is 4.96. The third-order valence-corrected chi connectivity index (χ3v) is 7.23. The van der Waals surface area contributed by atoms with E-state index >= 15 is 0 Å². The molecule has 0 aliphatic carbocycles. The minimum absolute atomic E-state index is 0.388. The largest absolute Gasteiger partial charge is 0.371 e. The average Bonchev–Trinajstić information content (AvgIpc) is 2.79. The number of hydrogen-bond acceptors (Lipinski definition) is 4. The van der Waals surface area contributed by atoms with E-state index in [0.29, 0.717) is 18.0 Å². The fourth-order valence-electron chi connectivity index (χ4n) is 2.53. The van der Waals surface area contributed by atoms with Crippen molar-refractivity contribution in [2.24, 2.45) is 0 Å². The Morgan fingerprint density at radius 3 is 2.48 bits per heavy atom. The van der Waals surface area contributed by atoms with Crippen LogP contribution in [0, 0.1) is 6.92 Å². The molecule has 0 saturated carbocycles. The molecule has 0 atom stereocenters. The van der Waals surface area contributed by atoms with Crippen LogP contribution in [0.2, 0.25) is 0 Å². The molecule has 1 aliphatic rings. The first-order chi connectivity index (χ1) is 9.91. The van der Waals surface area contributed by atoms with Gasteiger partial charge >= 0.3 is 0 Å². The average molecular weight is 387 g/mol. The zero-order valence-corrected chi connectivity index (χ0v) is 14.9. The highest BCUT2D eigenvalue weighted by Gasteiger charge is 2.32. The number of benzene rings is 1. The van der Waals surface area contributed by atoms with E-state index in [0.717, 1.165) is 20.0 Å². The van der Waals surface area contributed by atoms with Crippen molar-refractivity contribution in [2.45, 2.75) is 11.8 Å². The summed E-state index contributed by atoms with van der Waals surface area (Å²) in [7, 11) is -1.54. The number of aryl methyl sites for hydroxylation is 1. The van der Waals surface area contributed by atoms with Crippen LogP contribution >= 0.6 is 27.3 Å². The van der Waals surface area contributed by atoms with Gasteiger partial charge in [-0.2, -0.15) is 0 Å². The van der Waals surface area contributed by atoms with Gasteiger partial charge in [-0.05, 0) is 41.1 Å². The standard InChI is InChI=1S/C14H15BrN2O2S2/c1-10-13(9-14(15)20-10)21(18,19)17-8-7-16(2)11-5-3-4-6-12(11)17/h3-6,9H,7-8H2,1-2H3. The van der Waals surface area contributed by atoms with Gasteiger partial charge in [-0.1, -0.05) is 12.1 Å². The number of likely N-dealkylation sites (N-methyl/N-ethyl adjacent to an activating group) is 1. The molecule has 1 aromatic heterocycles. The molecule has 2 heterocycles. The van der Waals surface area contributed by atoms with Gasteiger partial charge in [0.05, 0.1) is 21.7 Å². The van der Waals surface area contributed by atoms with Gasteiger partial charge in [0.2, 0.25) is 0 Å². The van der Waals surface area contributed by atoms with E-state index in [4.69, 9.17) is 0 Å². The van der Waals surface area contributed by atoms with Gasteiger partial charge < -0.3 is 4.90 Å². The van der Waals surface area contributed by atoms with E-state index in [9.17, 15) is 8.42 Å². The van der Waals surface area contributed by atoms with Crippen molar-refractivity contribution in [1.82, 2.24) is 0 Å². The second-order valence-corrected chi connectivity index (χ2v) is 9.42. The predicted molar refractivity (Wildman–Crippen MR) is 91.0 cm³/mol. The molecule has 1 aliphatic heterocycles. The van der Waals surface area contributed by atoms with Gasteiger partial charge in [0.1, 0.15) is 4.90 Å². The van der Waals surface area contributed by atoms with Crippen molar-refractivity contribution in [3.63, 3.8) is 0 Å². The topological polar surface area (TPSA) is 40.6 Å². The van der Waals surface area contributed by atoms with Crippen LogP contribution < -0.4 is 9.21 Å². The normalized spacial score (nSPS) is 15.2. The molecule has 1 aromatic carbocycles. The maximum absolute atomic E-state index is 13.0. The molecule has 0 bridgehead atoms. The van der Waals surface area contributed by atoms with Gasteiger partial charge in [-0.15, -0.1) is 11.3 Å². The number of anilines is 2. The molecule has 0 N–H and O–H groups in total.